The van der Waals surface area contributed by atoms with Gasteiger partial charge in [0, 0.05) is 0 Å². The molecule has 0 saturated heterocycles. The minimum absolute atomic E-state index is 0.417. The van der Waals surface area contributed by atoms with Gasteiger partial charge in [0.1, 0.15) is 0 Å². The van der Waals surface area contributed by atoms with Crippen molar-refractivity contribution in [3.63, 3.8) is 0 Å². The average molecular weight is 276 g/mol. The van der Waals surface area contributed by atoms with Crippen LogP contribution < -0.4 is 0 Å². The zero-order valence-corrected chi connectivity index (χ0v) is 13.3. The van der Waals surface area contributed by atoms with Crippen LogP contribution in [0.1, 0.15) is 39.2 Å². The van der Waals surface area contributed by atoms with Gasteiger partial charge >= 0.3 is 0 Å². The molecule has 21 heavy (non-hydrogen) atoms. The van der Waals surface area contributed by atoms with E-state index in [9.17, 15) is 0 Å². The number of rotatable bonds is 3. The number of benzene rings is 3. The molecule has 0 aliphatic carbocycles. The largest absolute Gasteiger partial charge is 0.0616 e. The van der Waals surface area contributed by atoms with E-state index in [1.165, 1.54) is 46.4 Å². The standard InChI is InChI=1S/C21H24/c1-21(2,3)14-8-13-20-18-11-6-4-9-16(18)15-17-10-5-7-12-19(17)20/h4-7,9-12,15H,8,13-14H2,1-3H3. The van der Waals surface area contributed by atoms with E-state index in [1.807, 2.05) is 0 Å². The van der Waals surface area contributed by atoms with Crippen LogP contribution >= 0.6 is 0 Å². The third-order valence-electron chi connectivity index (χ3n) is 4.24. The molecule has 0 bridgehead atoms. The molecule has 0 saturated carbocycles. The van der Waals surface area contributed by atoms with E-state index >= 15 is 0 Å². The first-order valence-electron chi connectivity index (χ1n) is 7.94. The first-order valence-corrected chi connectivity index (χ1v) is 7.94. The van der Waals surface area contributed by atoms with Gasteiger partial charge in [0.15, 0.2) is 0 Å². The minimum Gasteiger partial charge on any atom is -0.0616 e. The molecule has 0 fully saturated rings. The third kappa shape index (κ3) is 3.10. The van der Waals surface area contributed by atoms with Crippen molar-refractivity contribution in [2.45, 2.75) is 40.0 Å². The molecule has 3 aromatic rings. The summed E-state index contributed by atoms with van der Waals surface area (Å²) in [6, 6.07) is 19.9. The Kier molecular flexibility index (Phi) is 3.71. The topological polar surface area (TPSA) is 0 Å². The highest BCUT2D eigenvalue weighted by Crippen LogP contribution is 2.31. The van der Waals surface area contributed by atoms with Crippen molar-refractivity contribution in [2.24, 2.45) is 5.41 Å². The molecule has 0 aliphatic heterocycles. The lowest BCUT2D eigenvalue weighted by Gasteiger charge is -2.18. The summed E-state index contributed by atoms with van der Waals surface area (Å²) in [4.78, 5) is 0. The Labute approximate surface area is 127 Å². The molecule has 0 aromatic heterocycles. The van der Waals surface area contributed by atoms with E-state index < -0.39 is 0 Å². The maximum absolute atomic E-state index is 2.33. The molecule has 0 spiro atoms. The van der Waals surface area contributed by atoms with Gasteiger partial charge in [0.2, 0.25) is 0 Å². The van der Waals surface area contributed by atoms with Gasteiger partial charge in [0.05, 0.1) is 0 Å². The van der Waals surface area contributed by atoms with Crippen molar-refractivity contribution in [1.29, 1.82) is 0 Å². The molecule has 0 heterocycles. The summed E-state index contributed by atoms with van der Waals surface area (Å²) < 4.78 is 0. The molecule has 0 radical (unpaired) electrons. The second-order valence-corrected chi connectivity index (χ2v) is 7.21. The lowest BCUT2D eigenvalue weighted by molar-refractivity contribution is 0.366. The fraction of sp³-hybridized carbons (Fsp3) is 0.333. The van der Waals surface area contributed by atoms with E-state index in [0.717, 1.165) is 0 Å². The van der Waals surface area contributed by atoms with Crippen LogP contribution in [-0.4, -0.2) is 0 Å². The average Bonchev–Trinajstić information content (AvgIpc) is 2.45. The maximum Gasteiger partial charge on any atom is -0.0146 e. The highest BCUT2D eigenvalue weighted by molar-refractivity contribution is 6.02. The van der Waals surface area contributed by atoms with Crippen LogP contribution in [0.25, 0.3) is 21.5 Å². The number of hydrogen-bond acceptors (Lipinski definition) is 0. The Bertz CT molecular complexity index is 706. The van der Waals surface area contributed by atoms with Crippen molar-refractivity contribution in [1.82, 2.24) is 0 Å². The Morgan fingerprint density at radius 2 is 1.29 bits per heavy atom. The van der Waals surface area contributed by atoms with E-state index in [2.05, 4.69) is 75.4 Å². The summed E-state index contributed by atoms with van der Waals surface area (Å²) in [5.41, 5.74) is 1.94. The Hall–Kier alpha value is -1.82. The van der Waals surface area contributed by atoms with Crippen LogP contribution in [0, 0.1) is 5.41 Å². The van der Waals surface area contributed by atoms with Crippen LogP contribution in [-0.2, 0) is 6.42 Å². The van der Waals surface area contributed by atoms with Gasteiger partial charge in [-0.1, -0.05) is 69.3 Å². The van der Waals surface area contributed by atoms with Crippen LogP contribution in [0.3, 0.4) is 0 Å². The highest BCUT2D eigenvalue weighted by Gasteiger charge is 2.12. The molecule has 0 N–H and O–H groups in total. The predicted octanol–water partition coefficient (Wildman–Crippen LogP) is 6.36. The molecule has 0 nitrogen and oxygen atoms in total. The van der Waals surface area contributed by atoms with Crippen molar-refractivity contribution in [3.8, 4) is 0 Å². The zero-order valence-electron chi connectivity index (χ0n) is 13.3. The van der Waals surface area contributed by atoms with Crippen molar-refractivity contribution < 1.29 is 0 Å². The monoisotopic (exact) mass is 276 g/mol. The second-order valence-electron chi connectivity index (χ2n) is 7.21. The van der Waals surface area contributed by atoms with Gasteiger partial charge in [0.25, 0.3) is 0 Å². The molecule has 0 heteroatoms. The fourth-order valence-electron chi connectivity index (χ4n) is 3.17. The second kappa shape index (κ2) is 5.52. The normalized spacial score (nSPS) is 12.1. The fourth-order valence-corrected chi connectivity index (χ4v) is 3.17. The molecule has 0 unspecified atom stereocenters. The zero-order chi connectivity index (χ0) is 14.9. The summed E-state index contributed by atoms with van der Waals surface area (Å²) in [5.74, 6) is 0. The Balaban J connectivity index is 2.07. The summed E-state index contributed by atoms with van der Waals surface area (Å²) in [6.07, 6.45) is 3.69. The summed E-state index contributed by atoms with van der Waals surface area (Å²) >= 11 is 0. The van der Waals surface area contributed by atoms with Gasteiger partial charge in [-0.25, -0.2) is 0 Å². The quantitative estimate of drug-likeness (QED) is 0.488. The van der Waals surface area contributed by atoms with Gasteiger partial charge in [-0.15, -0.1) is 0 Å². The molecule has 3 aromatic carbocycles. The first kappa shape index (κ1) is 14.1. The van der Waals surface area contributed by atoms with Crippen molar-refractivity contribution in [3.05, 3.63) is 60.2 Å². The first-order chi connectivity index (χ1) is 10.0. The molecule has 0 amide bonds. The van der Waals surface area contributed by atoms with Crippen LogP contribution in [0.5, 0.6) is 0 Å². The third-order valence-corrected chi connectivity index (χ3v) is 4.24. The van der Waals surface area contributed by atoms with Crippen LogP contribution in [0.15, 0.2) is 54.6 Å². The molecule has 0 atom stereocenters. The SMILES string of the molecule is CC(C)(C)CCCc1c2ccccc2cc2ccccc12. The van der Waals surface area contributed by atoms with Crippen LogP contribution in [0.4, 0.5) is 0 Å². The summed E-state index contributed by atoms with van der Waals surface area (Å²) in [6.45, 7) is 6.98. The van der Waals surface area contributed by atoms with Gasteiger partial charge in [-0.3, -0.25) is 0 Å². The van der Waals surface area contributed by atoms with Crippen molar-refractivity contribution >= 4 is 21.5 Å². The molecule has 3 rings (SSSR count). The van der Waals surface area contributed by atoms with Crippen LogP contribution in [0.2, 0.25) is 0 Å². The number of fused-ring (bicyclic) bond motifs is 2. The molecule has 108 valence electrons. The van der Waals surface area contributed by atoms with E-state index in [-0.39, 0.29) is 0 Å². The van der Waals surface area contributed by atoms with Crippen molar-refractivity contribution in [2.75, 3.05) is 0 Å². The van der Waals surface area contributed by atoms with Gasteiger partial charge in [-0.05, 0) is 57.9 Å². The molecule has 0 aliphatic rings. The Morgan fingerprint density at radius 3 is 1.81 bits per heavy atom. The Morgan fingerprint density at radius 1 is 0.762 bits per heavy atom. The van der Waals surface area contributed by atoms with E-state index in [4.69, 9.17) is 0 Å². The predicted molar refractivity (Wildman–Crippen MR) is 93.8 cm³/mol. The lowest BCUT2D eigenvalue weighted by Crippen LogP contribution is -2.05. The summed E-state index contributed by atoms with van der Waals surface area (Å²) in [5, 5.41) is 5.57. The van der Waals surface area contributed by atoms with E-state index in [1.54, 1.807) is 0 Å². The maximum atomic E-state index is 2.33. The van der Waals surface area contributed by atoms with Gasteiger partial charge < -0.3 is 0 Å². The molecular weight excluding hydrogens is 252 g/mol. The van der Waals surface area contributed by atoms with E-state index in [0.29, 0.717) is 5.41 Å². The highest BCUT2D eigenvalue weighted by atomic mass is 14.2. The summed E-state index contributed by atoms with van der Waals surface area (Å²) in [7, 11) is 0. The molecular formula is C21H24. The number of hydrogen-bond donors (Lipinski definition) is 0. The van der Waals surface area contributed by atoms with Gasteiger partial charge in [-0.2, -0.15) is 0 Å². The number of aryl methyl sites for hydroxylation is 1. The smallest absolute Gasteiger partial charge is 0.0146 e. The lowest BCUT2D eigenvalue weighted by atomic mass is 9.87. The minimum atomic E-state index is 0.417.